The minimum Gasteiger partial charge on any atom is -0.314 e. The normalized spacial score (nSPS) is 15.7. The third-order valence-corrected chi connectivity index (χ3v) is 4.23. The third kappa shape index (κ3) is 2.71. The Hall–Kier alpha value is -0.980. The Morgan fingerprint density at radius 2 is 2.28 bits per heavy atom. The molecule has 1 N–H and O–H groups in total. The number of halogens is 1. The molecule has 1 aliphatic heterocycles. The van der Waals surface area contributed by atoms with Gasteiger partial charge in [0.2, 0.25) is 0 Å². The van der Waals surface area contributed by atoms with E-state index in [1.165, 1.54) is 6.07 Å². The Labute approximate surface area is 114 Å². The highest BCUT2D eigenvalue weighted by molar-refractivity contribution is 9.10. The van der Waals surface area contributed by atoms with Gasteiger partial charge in [0.15, 0.2) is 0 Å². The summed E-state index contributed by atoms with van der Waals surface area (Å²) in [4.78, 5) is 12.9. The molecule has 2 rings (SSSR count). The zero-order valence-electron chi connectivity index (χ0n) is 10.2. The van der Waals surface area contributed by atoms with E-state index in [4.69, 9.17) is 0 Å². The molecule has 0 bridgehead atoms. The van der Waals surface area contributed by atoms with Crippen LogP contribution in [0.4, 0.5) is 5.69 Å². The van der Waals surface area contributed by atoms with Crippen LogP contribution in [0.2, 0.25) is 0 Å². The fraction of sp³-hybridized carbons (Fsp3) is 0.500. The number of rotatable bonds is 5. The van der Waals surface area contributed by atoms with Crippen LogP contribution in [0.1, 0.15) is 12.5 Å². The minimum absolute atomic E-state index is 0.135. The number of nitrogens with zero attached hydrogens (tertiary/aromatic N) is 2. The molecular weight excluding hydrogens is 298 g/mol. The molecule has 0 aliphatic carbocycles. The van der Waals surface area contributed by atoms with Crippen LogP contribution in [-0.4, -0.2) is 35.5 Å². The van der Waals surface area contributed by atoms with Crippen LogP contribution in [0.5, 0.6) is 0 Å². The number of hydrogen-bond acceptors (Lipinski definition) is 4. The first-order chi connectivity index (χ1) is 8.63. The molecule has 1 aromatic rings. The molecule has 0 spiro atoms. The number of hydrogen-bond donors (Lipinski definition) is 1. The van der Waals surface area contributed by atoms with Gasteiger partial charge >= 0.3 is 0 Å². The first-order valence-corrected chi connectivity index (χ1v) is 6.79. The van der Waals surface area contributed by atoms with Crippen molar-refractivity contribution in [3.63, 3.8) is 0 Å². The van der Waals surface area contributed by atoms with Gasteiger partial charge in [-0.3, -0.25) is 15.0 Å². The SMILES string of the molecule is CCN(Cc1cccc([N+](=O)[O-])c1Br)C1CNC1. The molecule has 0 aromatic heterocycles. The number of nitrogens with one attached hydrogen (secondary N) is 1. The predicted molar refractivity (Wildman–Crippen MR) is 73.5 cm³/mol. The van der Waals surface area contributed by atoms with Crippen molar-refractivity contribution >= 4 is 21.6 Å². The summed E-state index contributed by atoms with van der Waals surface area (Å²) >= 11 is 3.34. The monoisotopic (exact) mass is 313 g/mol. The van der Waals surface area contributed by atoms with E-state index in [0.717, 1.165) is 31.7 Å². The Bertz CT molecular complexity index is 449. The number of likely N-dealkylation sites (N-methyl/N-ethyl adjacent to an activating group) is 1. The first-order valence-electron chi connectivity index (χ1n) is 6.00. The second kappa shape index (κ2) is 5.77. The zero-order chi connectivity index (χ0) is 13.1. The van der Waals surface area contributed by atoms with E-state index in [1.807, 2.05) is 6.07 Å². The van der Waals surface area contributed by atoms with E-state index < -0.39 is 0 Å². The summed E-state index contributed by atoms with van der Waals surface area (Å²) in [5, 5.41) is 14.1. The highest BCUT2D eigenvalue weighted by Crippen LogP contribution is 2.29. The van der Waals surface area contributed by atoms with Gasteiger partial charge in [-0.2, -0.15) is 0 Å². The minimum atomic E-state index is -0.352. The fourth-order valence-corrected chi connectivity index (χ4v) is 2.61. The molecule has 6 heteroatoms. The van der Waals surface area contributed by atoms with Gasteiger partial charge < -0.3 is 5.32 Å². The molecular formula is C12H16BrN3O2. The first kappa shape index (κ1) is 13.5. The lowest BCUT2D eigenvalue weighted by Gasteiger charge is -2.37. The van der Waals surface area contributed by atoms with Gasteiger partial charge in [0.05, 0.1) is 9.40 Å². The molecule has 1 heterocycles. The van der Waals surface area contributed by atoms with Crippen LogP contribution in [0.3, 0.4) is 0 Å². The van der Waals surface area contributed by atoms with E-state index in [2.05, 4.69) is 33.1 Å². The topological polar surface area (TPSA) is 58.4 Å². The maximum Gasteiger partial charge on any atom is 0.283 e. The average molecular weight is 314 g/mol. The van der Waals surface area contributed by atoms with Gasteiger partial charge in [0.25, 0.3) is 5.69 Å². The molecule has 1 aliphatic rings. The van der Waals surface area contributed by atoms with Crippen LogP contribution < -0.4 is 5.32 Å². The summed E-state index contributed by atoms with van der Waals surface area (Å²) in [5.41, 5.74) is 1.10. The van der Waals surface area contributed by atoms with Crippen LogP contribution in [0, 0.1) is 10.1 Å². The molecule has 0 radical (unpaired) electrons. The summed E-state index contributed by atoms with van der Waals surface area (Å²) in [6.07, 6.45) is 0. The fourth-order valence-electron chi connectivity index (χ4n) is 2.08. The smallest absolute Gasteiger partial charge is 0.283 e. The van der Waals surface area contributed by atoms with Crippen molar-refractivity contribution < 1.29 is 4.92 Å². The molecule has 0 saturated carbocycles. The Morgan fingerprint density at radius 3 is 2.78 bits per heavy atom. The van der Waals surface area contributed by atoms with Crippen molar-refractivity contribution in [2.75, 3.05) is 19.6 Å². The molecule has 0 amide bonds. The number of nitro groups is 1. The Kier molecular flexibility index (Phi) is 4.31. The van der Waals surface area contributed by atoms with Crippen molar-refractivity contribution in [1.29, 1.82) is 0 Å². The summed E-state index contributed by atoms with van der Waals surface area (Å²) in [6.45, 7) is 5.80. The molecule has 1 aromatic carbocycles. The van der Waals surface area contributed by atoms with Crippen LogP contribution >= 0.6 is 15.9 Å². The second-order valence-electron chi connectivity index (χ2n) is 4.38. The van der Waals surface area contributed by atoms with E-state index in [9.17, 15) is 10.1 Å². The maximum absolute atomic E-state index is 10.9. The second-order valence-corrected chi connectivity index (χ2v) is 5.18. The number of benzene rings is 1. The molecule has 1 fully saturated rings. The standard InChI is InChI=1S/C12H16BrN3O2/c1-2-15(10-6-14-7-10)8-9-4-3-5-11(12(9)13)16(17)18/h3-5,10,14H,2,6-8H2,1H3. The maximum atomic E-state index is 10.9. The van der Waals surface area contributed by atoms with Gasteiger partial charge in [0.1, 0.15) is 0 Å². The largest absolute Gasteiger partial charge is 0.314 e. The Morgan fingerprint density at radius 1 is 1.56 bits per heavy atom. The van der Waals surface area contributed by atoms with E-state index >= 15 is 0 Å². The average Bonchev–Trinajstić information content (AvgIpc) is 2.27. The molecule has 98 valence electrons. The van der Waals surface area contributed by atoms with Crippen molar-refractivity contribution in [2.45, 2.75) is 19.5 Å². The van der Waals surface area contributed by atoms with Crippen molar-refractivity contribution in [2.24, 2.45) is 0 Å². The molecule has 5 nitrogen and oxygen atoms in total. The van der Waals surface area contributed by atoms with E-state index in [0.29, 0.717) is 10.5 Å². The zero-order valence-corrected chi connectivity index (χ0v) is 11.8. The van der Waals surface area contributed by atoms with Gasteiger partial charge in [-0.05, 0) is 28.0 Å². The van der Waals surface area contributed by atoms with E-state index in [1.54, 1.807) is 6.07 Å². The lowest BCUT2D eigenvalue weighted by molar-refractivity contribution is -0.385. The van der Waals surface area contributed by atoms with Gasteiger partial charge in [-0.25, -0.2) is 0 Å². The quantitative estimate of drug-likeness (QED) is 0.668. The molecule has 18 heavy (non-hydrogen) atoms. The van der Waals surface area contributed by atoms with Crippen LogP contribution in [0.25, 0.3) is 0 Å². The molecule has 1 saturated heterocycles. The third-order valence-electron chi connectivity index (χ3n) is 3.31. The molecule has 0 unspecified atom stereocenters. The Balaban J connectivity index is 2.17. The summed E-state index contributed by atoms with van der Waals surface area (Å²) in [7, 11) is 0. The van der Waals surface area contributed by atoms with Crippen LogP contribution in [-0.2, 0) is 6.54 Å². The lowest BCUT2D eigenvalue weighted by atomic mass is 10.1. The van der Waals surface area contributed by atoms with E-state index in [-0.39, 0.29) is 10.6 Å². The highest BCUT2D eigenvalue weighted by atomic mass is 79.9. The highest BCUT2D eigenvalue weighted by Gasteiger charge is 2.25. The van der Waals surface area contributed by atoms with Gasteiger partial charge in [-0.1, -0.05) is 19.1 Å². The van der Waals surface area contributed by atoms with Crippen molar-refractivity contribution in [3.05, 3.63) is 38.3 Å². The number of nitro benzene ring substituents is 1. The summed E-state index contributed by atoms with van der Waals surface area (Å²) in [6, 6.07) is 5.74. The van der Waals surface area contributed by atoms with Crippen LogP contribution in [0.15, 0.2) is 22.7 Å². The van der Waals surface area contributed by atoms with Crippen molar-refractivity contribution in [1.82, 2.24) is 10.2 Å². The lowest BCUT2D eigenvalue weighted by Crippen LogP contribution is -2.56. The van der Waals surface area contributed by atoms with Crippen molar-refractivity contribution in [3.8, 4) is 0 Å². The van der Waals surface area contributed by atoms with Gasteiger partial charge in [0, 0.05) is 31.7 Å². The predicted octanol–water partition coefficient (Wildman–Crippen LogP) is 2.15. The molecule has 0 atom stereocenters. The summed E-state index contributed by atoms with van der Waals surface area (Å²) < 4.78 is 0.598. The summed E-state index contributed by atoms with van der Waals surface area (Å²) in [5.74, 6) is 0. The van der Waals surface area contributed by atoms with Gasteiger partial charge in [-0.15, -0.1) is 0 Å².